The van der Waals surface area contributed by atoms with Crippen molar-refractivity contribution in [2.45, 2.75) is 91.2 Å². The summed E-state index contributed by atoms with van der Waals surface area (Å²) in [4.78, 5) is 52.9. The average Bonchev–Trinajstić information content (AvgIpc) is 3.17. The molecule has 1 atom stereocenters. The SMILES string of the molecule is CC(C)(C)OC(=O)OCC1CN(C(=O)C(F)(F)F)c2cc(N(C(=O)OC(C)(C)C)C(=O)OC(C)(C)C)c3ccccc3c21. The van der Waals surface area contributed by atoms with E-state index in [-0.39, 0.29) is 22.3 Å². The first kappa shape index (κ1) is 33.5. The third kappa shape index (κ3) is 8.29. The number of carbonyl (C=O) groups is 4. The molecule has 0 saturated carbocycles. The molecule has 0 aromatic heterocycles. The van der Waals surface area contributed by atoms with Gasteiger partial charge in [0, 0.05) is 17.8 Å². The molecule has 10 nitrogen and oxygen atoms in total. The Hall–Kier alpha value is -4.03. The largest absolute Gasteiger partial charge is 0.508 e. The van der Waals surface area contributed by atoms with E-state index in [0.29, 0.717) is 15.2 Å². The molecule has 2 aromatic rings. The van der Waals surface area contributed by atoms with Crippen LogP contribution in [0.3, 0.4) is 0 Å². The number of alkyl halides is 3. The summed E-state index contributed by atoms with van der Waals surface area (Å²) in [6.07, 6.45) is -8.55. The van der Waals surface area contributed by atoms with E-state index in [4.69, 9.17) is 18.9 Å². The van der Waals surface area contributed by atoms with E-state index in [1.165, 1.54) is 0 Å². The van der Waals surface area contributed by atoms with Gasteiger partial charge in [-0.3, -0.25) is 4.79 Å². The number of nitrogens with zero attached hydrogens (tertiary/aromatic N) is 2. The van der Waals surface area contributed by atoms with Gasteiger partial charge in [-0.1, -0.05) is 24.3 Å². The summed E-state index contributed by atoms with van der Waals surface area (Å²) in [6, 6.07) is 7.50. The highest BCUT2D eigenvalue weighted by atomic mass is 19.4. The molecule has 1 heterocycles. The van der Waals surface area contributed by atoms with Crippen molar-refractivity contribution in [1.29, 1.82) is 0 Å². The molecular formula is C30H37F3N2O8. The summed E-state index contributed by atoms with van der Waals surface area (Å²) in [5, 5.41) is 0.601. The first-order valence-electron chi connectivity index (χ1n) is 13.5. The Bertz CT molecular complexity index is 1390. The van der Waals surface area contributed by atoms with Gasteiger partial charge < -0.3 is 23.8 Å². The van der Waals surface area contributed by atoms with Crippen LogP contribution in [-0.2, 0) is 23.7 Å². The Morgan fingerprint density at radius 2 is 1.30 bits per heavy atom. The zero-order valence-corrected chi connectivity index (χ0v) is 25.7. The van der Waals surface area contributed by atoms with Crippen LogP contribution < -0.4 is 9.80 Å². The molecule has 0 bridgehead atoms. The maximum Gasteiger partial charge on any atom is 0.508 e. The lowest BCUT2D eigenvalue weighted by Crippen LogP contribution is -2.44. The van der Waals surface area contributed by atoms with Gasteiger partial charge in [-0.05, 0) is 79.3 Å². The van der Waals surface area contributed by atoms with E-state index < -0.39 is 66.3 Å². The fourth-order valence-electron chi connectivity index (χ4n) is 4.43. The van der Waals surface area contributed by atoms with Gasteiger partial charge >= 0.3 is 30.4 Å². The molecule has 13 heteroatoms. The molecule has 0 aliphatic carbocycles. The van der Waals surface area contributed by atoms with Crippen LogP contribution in [0.5, 0.6) is 0 Å². The number of anilines is 2. The van der Waals surface area contributed by atoms with Crippen LogP contribution in [0.25, 0.3) is 10.8 Å². The average molecular weight is 611 g/mol. The van der Waals surface area contributed by atoms with Crippen LogP contribution >= 0.6 is 0 Å². The Morgan fingerprint density at radius 1 is 0.814 bits per heavy atom. The summed E-state index contributed by atoms with van der Waals surface area (Å²) >= 11 is 0. The van der Waals surface area contributed by atoms with Crippen LogP contribution in [-0.4, -0.2) is 60.4 Å². The first-order valence-corrected chi connectivity index (χ1v) is 13.5. The maximum absolute atomic E-state index is 13.8. The molecule has 0 radical (unpaired) electrons. The van der Waals surface area contributed by atoms with Crippen molar-refractivity contribution in [2.75, 3.05) is 23.0 Å². The number of carbonyl (C=O) groups excluding carboxylic acids is 4. The lowest BCUT2D eigenvalue weighted by molar-refractivity contribution is -0.170. The molecule has 0 fully saturated rings. The molecule has 0 spiro atoms. The third-order valence-electron chi connectivity index (χ3n) is 5.82. The molecule has 3 rings (SSSR count). The van der Waals surface area contributed by atoms with Gasteiger partial charge in [-0.2, -0.15) is 18.1 Å². The number of fused-ring (bicyclic) bond motifs is 3. The molecule has 0 N–H and O–H groups in total. The molecule has 0 saturated heterocycles. The molecule has 2 aromatic carbocycles. The fraction of sp³-hybridized carbons (Fsp3) is 0.533. The van der Waals surface area contributed by atoms with Crippen LogP contribution in [0.1, 0.15) is 73.8 Å². The van der Waals surface area contributed by atoms with E-state index in [2.05, 4.69) is 0 Å². The Labute approximate surface area is 248 Å². The second-order valence-electron chi connectivity index (χ2n) is 13.1. The van der Waals surface area contributed by atoms with Gasteiger partial charge in [0.1, 0.15) is 23.4 Å². The topological polar surface area (TPSA) is 112 Å². The van der Waals surface area contributed by atoms with Crippen molar-refractivity contribution in [1.82, 2.24) is 0 Å². The van der Waals surface area contributed by atoms with E-state index >= 15 is 0 Å². The van der Waals surface area contributed by atoms with Gasteiger partial charge in [0.2, 0.25) is 0 Å². The van der Waals surface area contributed by atoms with E-state index in [0.717, 1.165) is 6.07 Å². The van der Waals surface area contributed by atoms with E-state index in [1.54, 1.807) is 86.6 Å². The van der Waals surface area contributed by atoms with Crippen LogP contribution in [0.15, 0.2) is 30.3 Å². The van der Waals surface area contributed by atoms with Gasteiger partial charge in [-0.15, -0.1) is 0 Å². The number of benzene rings is 2. The highest BCUT2D eigenvalue weighted by Gasteiger charge is 2.48. The number of hydrogen-bond donors (Lipinski definition) is 0. The van der Waals surface area contributed by atoms with Crippen molar-refractivity contribution in [3.8, 4) is 0 Å². The minimum Gasteiger partial charge on any atom is -0.443 e. The highest BCUT2D eigenvalue weighted by molar-refractivity contribution is 6.17. The van der Waals surface area contributed by atoms with Crippen molar-refractivity contribution in [2.24, 2.45) is 0 Å². The van der Waals surface area contributed by atoms with Gasteiger partial charge in [0.25, 0.3) is 0 Å². The number of amides is 3. The van der Waals surface area contributed by atoms with E-state index in [1.807, 2.05) is 0 Å². The van der Waals surface area contributed by atoms with Crippen molar-refractivity contribution in [3.63, 3.8) is 0 Å². The van der Waals surface area contributed by atoms with Crippen LogP contribution in [0, 0.1) is 0 Å². The minimum atomic E-state index is -5.25. The molecular weight excluding hydrogens is 573 g/mol. The summed E-state index contributed by atoms with van der Waals surface area (Å²) in [5.74, 6) is -3.07. The second-order valence-corrected chi connectivity index (χ2v) is 13.1. The maximum atomic E-state index is 13.8. The summed E-state index contributed by atoms with van der Waals surface area (Å²) in [7, 11) is 0. The molecule has 236 valence electrons. The van der Waals surface area contributed by atoms with Crippen molar-refractivity contribution < 1.29 is 51.3 Å². The third-order valence-corrected chi connectivity index (χ3v) is 5.82. The van der Waals surface area contributed by atoms with Crippen molar-refractivity contribution in [3.05, 3.63) is 35.9 Å². The molecule has 43 heavy (non-hydrogen) atoms. The molecule has 1 unspecified atom stereocenters. The molecule has 1 aliphatic rings. The highest BCUT2D eigenvalue weighted by Crippen LogP contribution is 2.47. The fourth-order valence-corrected chi connectivity index (χ4v) is 4.43. The summed E-state index contributed by atoms with van der Waals surface area (Å²) < 4.78 is 62.6. The minimum absolute atomic E-state index is 0.161. The molecule has 1 aliphatic heterocycles. The van der Waals surface area contributed by atoms with Gasteiger partial charge in [-0.25, -0.2) is 14.4 Å². The Balaban J connectivity index is 2.25. The monoisotopic (exact) mass is 610 g/mol. The predicted molar refractivity (Wildman–Crippen MR) is 152 cm³/mol. The van der Waals surface area contributed by atoms with Crippen LogP contribution in [0.2, 0.25) is 0 Å². The lowest BCUT2D eigenvalue weighted by Gasteiger charge is -2.30. The number of hydrogen-bond acceptors (Lipinski definition) is 8. The molecule has 3 amide bonds. The van der Waals surface area contributed by atoms with Gasteiger partial charge in [0.05, 0.1) is 11.4 Å². The van der Waals surface area contributed by atoms with Gasteiger partial charge in [0.15, 0.2) is 0 Å². The summed E-state index contributed by atoms with van der Waals surface area (Å²) in [6.45, 7) is 13.5. The lowest BCUT2D eigenvalue weighted by atomic mass is 9.94. The predicted octanol–water partition coefficient (Wildman–Crippen LogP) is 7.46. The Morgan fingerprint density at radius 3 is 1.77 bits per heavy atom. The normalized spacial score (nSPS) is 15.5. The van der Waals surface area contributed by atoms with Crippen LogP contribution in [0.4, 0.5) is 38.9 Å². The standard InChI is InChI=1S/C30H37F3N2O8/c1-27(2,3)41-24(37)35(25(38)42-28(4,5)6)20-14-21-22(19-13-11-10-12-18(19)20)17(15-34(21)23(36)30(31,32)33)16-40-26(39)43-29(7,8)9/h10-14,17H,15-16H2,1-9H3. The number of rotatable bonds is 3. The number of halogens is 3. The zero-order chi connectivity index (χ0) is 32.7. The Kier molecular flexibility index (Phi) is 9.01. The quantitative estimate of drug-likeness (QED) is 0.260. The number of imide groups is 1. The zero-order valence-electron chi connectivity index (χ0n) is 25.7. The number of ether oxygens (including phenoxy) is 4. The smallest absolute Gasteiger partial charge is 0.443 e. The van der Waals surface area contributed by atoms with Crippen molar-refractivity contribution >= 4 is 46.4 Å². The second kappa shape index (κ2) is 11.6. The first-order chi connectivity index (χ1) is 19.5. The van der Waals surface area contributed by atoms with E-state index in [9.17, 15) is 32.3 Å². The summed E-state index contributed by atoms with van der Waals surface area (Å²) in [5.41, 5.74) is -3.10.